The van der Waals surface area contributed by atoms with Gasteiger partial charge in [-0.05, 0) is 40.3 Å². The molecule has 0 unspecified atom stereocenters. The zero-order valence-electron chi connectivity index (χ0n) is 8.85. The summed E-state index contributed by atoms with van der Waals surface area (Å²) in [4.78, 5) is 0. The first-order valence-electron chi connectivity index (χ1n) is 5.33. The summed E-state index contributed by atoms with van der Waals surface area (Å²) in [6, 6.07) is 14.9. The zero-order chi connectivity index (χ0) is 11.0. The van der Waals surface area contributed by atoms with Crippen molar-refractivity contribution in [1.82, 2.24) is 0 Å². The van der Waals surface area contributed by atoms with Crippen LogP contribution in [-0.2, 0) is 6.42 Å². The highest BCUT2D eigenvalue weighted by Gasteiger charge is 2.17. The van der Waals surface area contributed by atoms with Crippen LogP contribution in [0.25, 0.3) is 11.1 Å². The molecule has 0 aliphatic heterocycles. The summed E-state index contributed by atoms with van der Waals surface area (Å²) in [6.45, 7) is 0. The molecule has 0 fully saturated rings. The molecule has 2 N–H and O–H groups in total. The summed E-state index contributed by atoms with van der Waals surface area (Å²) in [7, 11) is 0. The molecule has 0 spiro atoms. The molecular formula is C14H12N2. The molecule has 2 heteroatoms. The Labute approximate surface area is 94.4 Å². The van der Waals surface area contributed by atoms with Gasteiger partial charge in [0.2, 0.25) is 0 Å². The van der Waals surface area contributed by atoms with Crippen molar-refractivity contribution in [2.75, 3.05) is 0 Å². The molecule has 3 rings (SSSR count). The van der Waals surface area contributed by atoms with Crippen LogP contribution in [0.5, 0.6) is 0 Å². The summed E-state index contributed by atoms with van der Waals surface area (Å²) >= 11 is 0. The summed E-state index contributed by atoms with van der Waals surface area (Å²) in [5.41, 5.74) is 6.52. The fraction of sp³-hybridized carbons (Fsp3) is 0.0714. The number of hydrogen-bond acceptors (Lipinski definition) is 2. The van der Waals surface area contributed by atoms with Gasteiger partial charge in [0.15, 0.2) is 0 Å². The molecule has 78 valence electrons. The molecule has 0 saturated heterocycles. The number of hydrazone groups is 1. The maximum absolute atomic E-state index is 5.16. The second kappa shape index (κ2) is 3.49. The molecule has 0 radical (unpaired) electrons. The van der Waals surface area contributed by atoms with Crippen LogP contribution >= 0.6 is 0 Å². The molecule has 2 aromatic carbocycles. The molecule has 16 heavy (non-hydrogen) atoms. The van der Waals surface area contributed by atoms with Gasteiger partial charge in [0.05, 0.1) is 6.21 Å². The van der Waals surface area contributed by atoms with Crippen molar-refractivity contribution < 1.29 is 0 Å². The van der Waals surface area contributed by atoms with Gasteiger partial charge >= 0.3 is 0 Å². The SMILES string of the molecule is NN=Cc1ccc2c(c1)Cc1ccccc1-2. The second-order valence-corrected chi connectivity index (χ2v) is 4.03. The normalized spacial score (nSPS) is 12.8. The standard InChI is InChI=1S/C14H12N2/c15-16-9-10-5-6-14-12(7-10)8-11-3-1-2-4-13(11)14/h1-7,9H,8,15H2. The third kappa shape index (κ3) is 1.31. The fourth-order valence-electron chi connectivity index (χ4n) is 2.33. The van der Waals surface area contributed by atoms with Gasteiger partial charge in [-0.15, -0.1) is 0 Å². The van der Waals surface area contributed by atoms with Crippen molar-refractivity contribution in [3.8, 4) is 11.1 Å². The van der Waals surface area contributed by atoms with Crippen LogP contribution in [-0.4, -0.2) is 6.21 Å². The smallest absolute Gasteiger partial charge is 0.0538 e. The van der Waals surface area contributed by atoms with Gasteiger partial charge in [-0.3, -0.25) is 0 Å². The molecule has 0 bridgehead atoms. The van der Waals surface area contributed by atoms with E-state index in [1.54, 1.807) is 6.21 Å². The van der Waals surface area contributed by atoms with Crippen molar-refractivity contribution in [3.63, 3.8) is 0 Å². The van der Waals surface area contributed by atoms with Crippen LogP contribution < -0.4 is 5.84 Å². The molecule has 2 nitrogen and oxygen atoms in total. The Bertz CT molecular complexity index is 571. The number of nitrogens with zero attached hydrogens (tertiary/aromatic N) is 1. The van der Waals surface area contributed by atoms with Crippen LogP contribution in [0, 0.1) is 0 Å². The lowest BCUT2D eigenvalue weighted by molar-refractivity contribution is 1.25. The number of fused-ring (bicyclic) bond motifs is 3. The Balaban J connectivity index is 2.14. The minimum atomic E-state index is 1.01. The summed E-state index contributed by atoms with van der Waals surface area (Å²) in [5.74, 6) is 5.16. The van der Waals surface area contributed by atoms with Gasteiger partial charge in [0, 0.05) is 0 Å². The van der Waals surface area contributed by atoms with Gasteiger partial charge in [0.1, 0.15) is 0 Å². The van der Waals surface area contributed by atoms with Crippen LogP contribution in [0.4, 0.5) is 0 Å². The molecule has 1 aliphatic rings. The van der Waals surface area contributed by atoms with Crippen molar-refractivity contribution >= 4 is 6.21 Å². The lowest BCUT2D eigenvalue weighted by Gasteiger charge is -2.01. The second-order valence-electron chi connectivity index (χ2n) is 4.03. The van der Waals surface area contributed by atoms with Gasteiger partial charge in [-0.25, -0.2) is 0 Å². The molecule has 0 amide bonds. The minimum absolute atomic E-state index is 1.01. The average molecular weight is 208 g/mol. The third-order valence-corrected chi connectivity index (χ3v) is 3.04. The quantitative estimate of drug-likeness (QED) is 0.372. The predicted octanol–water partition coefficient (Wildman–Crippen LogP) is 2.55. The fourth-order valence-corrected chi connectivity index (χ4v) is 2.33. The van der Waals surface area contributed by atoms with Crippen molar-refractivity contribution in [2.45, 2.75) is 6.42 Å². The van der Waals surface area contributed by atoms with Gasteiger partial charge in [-0.2, -0.15) is 5.10 Å². The topological polar surface area (TPSA) is 38.4 Å². The average Bonchev–Trinajstić information content (AvgIpc) is 2.67. The largest absolute Gasteiger partial charge is 0.323 e. The van der Waals surface area contributed by atoms with Crippen LogP contribution in [0.1, 0.15) is 16.7 Å². The lowest BCUT2D eigenvalue weighted by Crippen LogP contribution is -1.88. The molecule has 0 saturated carbocycles. The van der Waals surface area contributed by atoms with Crippen molar-refractivity contribution in [2.24, 2.45) is 10.9 Å². The number of hydrogen-bond donors (Lipinski definition) is 1. The van der Waals surface area contributed by atoms with E-state index in [0.29, 0.717) is 0 Å². The van der Waals surface area contributed by atoms with Crippen molar-refractivity contribution in [3.05, 3.63) is 59.2 Å². The van der Waals surface area contributed by atoms with Crippen LogP contribution in [0.2, 0.25) is 0 Å². The Kier molecular flexibility index (Phi) is 2.00. The zero-order valence-corrected chi connectivity index (χ0v) is 8.85. The van der Waals surface area contributed by atoms with E-state index < -0.39 is 0 Å². The minimum Gasteiger partial charge on any atom is -0.323 e. The first-order chi connectivity index (χ1) is 7.88. The van der Waals surface area contributed by atoms with E-state index >= 15 is 0 Å². The van der Waals surface area contributed by atoms with Gasteiger partial charge in [-0.1, -0.05) is 36.4 Å². The molecule has 2 aromatic rings. The Hall–Kier alpha value is -2.09. The van der Waals surface area contributed by atoms with Gasteiger partial charge < -0.3 is 5.84 Å². The maximum Gasteiger partial charge on any atom is 0.0538 e. The van der Waals surface area contributed by atoms with Crippen LogP contribution in [0.3, 0.4) is 0 Å². The van der Waals surface area contributed by atoms with Crippen molar-refractivity contribution in [1.29, 1.82) is 0 Å². The van der Waals surface area contributed by atoms with Gasteiger partial charge in [0.25, 0.3) is 0 Å². The first-order valence-corrected chi connectivity index (χ1v) is 5.33. The Morgan fingerprint density at radius 2 is 1.81 bits per heavy atom. The summed E-state index contributed by atoms with van der Waals surface area (Å²) < 4.78 is 0. The van der Waals surface area contributed by atoms with E-state index in [-0.39, 0.29) is 0 Å². The predicted molar refractivity (Wildman–Crippen MR) is 66.5 cm³/mol. The monoisotopic (exact) mass is 208 g/mol. The maximum atomic E-state index is 5.16. The molecule has 0 aromatic heterocycles. The van der Waals surface area contributed by atoms with E-state index in [2.05, 4.69) is 47.6 Å². The highest BCUT2D eigenvalue weighted by Crippen LogP contribution is 2.36. The summed E-state index contributed by atoms with van der Waals surface area (Å²) in [6.07, 6.45) is 2.70. The van der Waals surface area contributed by atoms with Crippen LogP contribution in [0.15, 0.2) is 47.6 Å². The van der Waals surface area contributed by atoms with E-state index in [4.69, 9.17) is 5.84 Å². The molecule has 1 aliphatic carbocycles. The van der Waals surface area contributed by atoms with E-state index in [1.807, 2.05) is 0 Å². The van der Waals surface area contributed by atoms with E-state index in [0.717, 1.165) is 12.0 Å². The molecule has 0 heterocycles. The third-order valence-electron chi connectivity index (χ3n) is 3.04. The highest BCUT2D eigenvalue weighted by molar-refractivity contribution is 5.84. The number of rotatable bonds is 1. The lowest BCUT2D eigenvalue weighted by atomic mass is 10.0. The first kappa shape index (κ1) is 9.16. The Morgan fingerprint density at radius 3 is 2.69 bits per heavy atom. The molecular weight excluding hydrogens is 196 g/mol. The van der Waals surface area contributed by atoms with E-state index in [9.17, 15) is 0 Å². The molecule has 0 atom stereocenters. The highest BCUT2D eigenvalue weighted by atomic mass is 15.1. The summed E-state index contributed by atoms with van der Waals surface area (Å²) in [5, 5.41) is 3.56. The van der Waals surface area contributed by atoms with E-state index in [1.165, 1.54) is 22.3 Å². The number of nitrogens with two attached hydrogens (primary N) is 1. The Morgan fingerprint density at radius 1 is 1.00 bits per heavy atom. The number of benzene rings is 2.